The number of nitrogens with one attached hydrogen (secondary N) is 1. The lowest BCUT2D eigenvalue weighted by Crippen LogP contribution is -2.40. The molecular weight excluding hydrogens is 308 g/mol. The third-order valence-corrected chi connectivity index (χ3v) is 4.04. The van der Waals surface area contributed by atoms with Crippen LogP contribution in [0.15, 0.2) is 24.5 Å². The molecule has 6 heteroatoms. The van der Waals surface area contributed by atoms with E-state index in [2.05, 4.69) is 36.1 Å². The number of H-pyrrole nitrogens is 1. The van der Waals surface area contributed by atoms with E-state index in [0.29, 0.717) is 12.2 Å². The summed E-state index contributed by atoms with van der Waals surface area (Å²) >= 11 is 0. The average molecular weight is 336 g/mol. The highest BCUT2D eigenvalue weighted by molar-refractivity contribution is 5.89. The fraction of sp³-hybridized carbons (Fsp3) is 0.556. The molecule has 134 valence electrons. The Kier molecular flexibility index (Phi) is 8.86. The highest BCUT2D eigenvalue weighted by Crippen LogP contribution is 2.24. The van der Waals surface area contributed by atoms with Gasteiger partial charge in [-0.25, -0.2) is 9.59 Å². The first-order valence-electron chi connectivity index (χ1n) is 8.50. The van der Waals surface area contributed by atoms with E-state index in [4.69, 9.17) is 10.2 Å². The van der Waals surface area contributed by atoms with Crippen LogP contribution in [0.3, 0.4) is 0 Å². The molecular formula is C18H28N2O4. The number of aryl methyl sites for hydroxylation is 1. The monoisotopic (exact) mass is 336 g/mol. The van der Waals surface area contributed by atoms with Crippen LogP contribution in [0.4, 0.5) is 0 Å². The lowest BCUT2D eigenvalue weighted by atomic mass is 9.90. The Morgan fingerprint density at radius 3 is 2.17 bits per heavy atom. The molecule has 1 aromatic rings. The average Bonchev–Trinajstić information content (AvgIpc) is 3.01. The second-order valence-corrected chi connectivity index (χ2v) is 5.95. The molecule has 0 bridgehead atoms. The molecule has 24 heavy (non-hydrogen) atoms. The van der Waals surface area contributed by atoms with Gasteiger partial charge in [-0.2, -0.15) is 0 Å². The minimum absolute atomic E-state index is 0.558. The summed E-state index contributed by atoms with van der Waals surface area (Å²) < 4.78 is 0. The first-order chi connectivity index (χ1) is 11.5. The van der Waals surface area contributed by atoms with Crippen molar-refractivity contribution in [3.63, 3.8) is 0 Å². The van der Waals surface area contributed by atoms with Crippen LogP contribution in [-0.4, -0.2) is 51.2 Å². The molecule has 1 heterocycles. The smallest absolute Gasteiger partial charge is 0.328 e. The van der Waals surface area contributed by atoms with Crippen molar-refractivity contribution in [3.05, 3.63) is 35.7 Å². The molecule has 1 unspecified atom stereocenters. The van der Waals surface area contributed by atoms with Crippen LogP contribution in [0.25, 0.3) is 0 Å². The third-order valence-electron chi connectivity index (χ3n) is 4.04. The SMILES string of the molecule is CCCN(CCC)C1CCc2c[nH]cc2C1.O=C(O)/C=C\C(=O)O. The summed E-state index contributed by atoms with van der Waals surface area (Å²) in [5.74, 6) is -2.51. The largest absolute Gasteiger partial charge is 0.478 e. The Labute approximate surface area is 143 Å². The lowest BCUT2D eigenvalue weighted by molar-refractivity contribution is -0.134. The van der Waals surface area contributed by atoms with Gasteiger partial charge in [0, 0.05) is 30.6 Å². The van der Waals surface area contributed by atoms with Crippen LogP contribution >= 0.6 is 0 Å². The van der Waals surface area contributed by atoms with Crippen LogP contribution in [0.1, 0.15) is 44.2 Å². The molecule has 0 saturated carbocycles. The zero-order chi connectivity index (χ0) is 17.9. The fourth-order valence-electron chi connectivity index (χ4n) is 3.03. The Balaban J connectivity index is 0.000000307. The number of carbonyl (C=O) groups is 2. The van der Waals surface area contributed by atoms with Gasteiger partial charge in [0.2, 0.25) is 0 Å². The van der Waals surface area contributed by atoms with Crippen molar-refractivity contribution in [3.8, 4) is 0 Å². The second kappa shape index (κ2) is 10.6. The Bertz CT molecular complexity index is 529. The van der Waals surface area contributed by atoms with Crippen LogP contribution in [0, 0.1) is 0 Å². The number of aliphatic carboxylic acids is 2. The quantitative estimate of drug-likeness (QED) is 0.666. The number of nitrogens with zero attached hydrogens (tertiary/aromatic N) is 1. The van der Waals surface area contributed by atoms with Gasteiger partial charge in [-0.1, -0.05) is 13.8 Å². The van der Waals surface area contributed by atoms with Crippen molar-refractivity contribution in [2.45, 2.75) is 52.0 Å². The van der Waals surface area contributed by atoms with Gasteiger partial charge >= 0.3 is 11.9 Å². The van der Waals surface area contributed by atoms with Crippen molar-refractivity contribution in [1.82, 2.24) is 9.88 Å². The van der Waals surface area contributed by atoms with E-state index in [-0.39, 0.29) is 0 Å². The van der Waals surface area contributed by atoms with Crippen molar-refractivity contribution in [2.24, 2.45) is 0 Å². The minimum Gasteiger partial charge on any atom is -0.478 e. The van der Waals surface area contributed by atoms with Crippen LogP contribution in [0.2, 0.25) is 0 Å². The molecule has 1 atom stereocenters. The molecule has 0 radical (unpaired) electrons. The first kappa shape index (κ1) is 20.0. The normalized spacial score (nSPS) is 16.5. The van der Waals surface area contributed by atoms with E-state index in [9.17, 15) is 9.59 Å². The standard InChI is InChI=1S/C14H24N2.C4H4O4/c1-3-7-16(8-4-2)14-6-5-12-10-15-11-13(12)9-14;5-3(6)1-2-4(7)8/h10-11,14-15H,3-9H2,1-2H3;1-2H,(H,5,6)(H,7,8)/b;2-1-. The second-order valence-electron chi connectivity index (χ2n) is 5.95. The summed E-state index contributed by atoms with van der Waals surface area (Å²) in [5.41, 5.74) is 3.10. The van der Waals surface area contributed by atoms with Gasteiger partial charge in [0.25, 0.3) is 0 Å². The van der Waals surface area contributed by atoms with E-state index in [1.165, 1.54) is 45.2 Å². The number of fused-ring (bicyclic) bond motifs is 1. The topological polar surface area (TPSA) is 93.6 Å². The Hall–Kier alpha value is -2.08. The molecule has 3 N–H and O–H groups in total. The van der Waals surface area contributed by atoms with Crippen LogP contribution in [-0.2, 0) is 22.4 Å². The predicted molar refractivity (Wildman–Crippen MR) is 93.2 cm³/mol. The highest BCUT2D eigenvalue weighted by atomic mass is 16.4. The van der Waals surface area contributed by atoms with Gasteiger partial charge in [0.1, 0.15) is 0 Å². The number of hydrogen-bond acceptors (Lipinski definition) is 3. The summed E-state index contributed by atoms with van der Waals surface area (Å²) in [7, 11) is 0. The van der Waals surface area contributed by atoms with Crippen molar-refractivity contribution in [1.29, 1.82) is 0 Å². The molecule has 1 aliphatic carbocycles. The van der Waals surface area contributed by atoms with Crippen molar-refractivity contribution in [2.75, 3.05) is 13.1 Å². The van der Waals surface area contributed by atoms with Crippen LogP contribution < -0.4 is 0 Å². The predicted octanol–water partition coefficient (Wildman–Crippen LogP) is 2.71. The molecule has 0 aliphatic heterocycles. The molecule has 1 aromatic heterocycles. The summed E-state index contributed by atoms with van der Waals surface area (Å²) in [6.45, 7) is 7.09. The maximum absolute atomic E-state index is 9.55. The Morgan fingerprint density at radius 2 is 1.67 bits per heavy atom. The molecule has 0 saturated heterocycles. The fourth-order valence-corrected chi connectivity index (χ4v) is 3.03. The summed E-state index contributed by atoms with van der Waals surface area (Å²) in [6.07, 6.45) is 11.9. The minimum atomic E-state index is -1.26. The Morgan fingerprint density at radius 1 is 1.12 bits per heavy atom. The lowest BCUT2D eigenvalue weighted by Gasteiger charge is -2.34. The van der Waals surface area contributed by atoms with Gasteiger partial charge in [-0.05, 0) is 56.3 Å². The summed E-state index contributed by atoms with van der Waals surface area (Å²) in [4.78, 5) is 25.0. The van der Waals surface area contributed by atoms with E-state index >= 15 is 0 Å². The van der Waals surface area contributed by atoms with E-state index in [1.54, 1.807) is 11.1 Å². The number of carboxylic acids is 2. The maximum Gasteiger partial charge on any atom is 0.328 e. The van der Waals surface area contributed by atoms with Crippen LogP contribution in [0.5, 0.6) is 0 Å². The maximum atomic E-state index is 9.55. The molecule has 0 amide bonds. The number of aromatic amines is 1. The highest BCUT2D eigenvalue weighted by Gasteiger charge is 2.23. The molecule has 0 aromatic carbocycles. The molecule has 0 spiro atoms. The summed E-state index contributed by atoms with van der Waals surface area (Å²) in [5, 5.41) is 15.6. The molecule has 6 nitrogen and oxygen atoms in total. The number of carboxylic acid groups (broad SMARTS) is 2. The van der Waals surface area contributed by atoms with Crippen molar-refractivity contribution >= 4 is 11.9 Å². The molecule has 1 aliphatic rings. The van der Waals surface area contributed by atoms with Gasteiger partial charge < -0.3 is 20.1 Å². The first-order valence-corrected chi connectivity index (χ1v) is 8.50. The number of rotatable bonds is 7. The van der Waals surface area contributed by atoms with E-state index in [1.807, 2.05) is 0 Å². The van der Waals surface area contributed by atoms with E-state index in [0.717, 1.165) is 6.04 Å². The molecule has 2 rings (SSSR count). The van der Waals surface area contributed by atoms with Gasteiger partial charge in [-0.3, -0.25) is 0 Å². The van der Waals surface area contributed by atoms with E-state index < -0.39 is 11.9 Å². The van der Waals surface area contributed by atoms with Gasteiger partial charge in [0.15, 0.2) is 0 Å². The van der Waals surface area contributed by atoms with Gasteiger partial charge in [-0.15, -0.1) is 0 Å². The molecule has 0 fully saturated rings. The van der Waals surface area contributed by atoms with Crippen molar-refractivity contribution < 1.29 is 19.8 Å². The number of hydrogen-bond donors (Lipinski definition) is 3. The van der Waals surface area contributed by atoms with Gasteiger partial charge in [0.05, 0.1) is 0 Å². The zero-order valence-corrected chi connectivity index (χ0v) is 14.5. The third kappa shape index (κ3) is 7.00. The summed E-state index contributed by atoms with van der Waals surface area (Å²) in [6, 6.07) is 0.781. The zero-order valence-electron chi connectivity index (χ0n) is 14.5. The number of aromatic nitrogens is 1.